The predicted octanol–water partition coefficient (Wildman–Crippen LogP) is 2.18. The largest absolute Gasteiger partial charge is 0.454 e. The van der Waals surface area contributed by atoms with Gasteiger partial charge in [-0.2, -0.15) is 0 Å². The van der Waals surface area contributed by atoms with E-state index < -0.39 is 6.10 Å². The second-order valence-corrected chi connectivity index (χ2v) is 7.14. The van der Waals surface area contributed by atoms with Gasteiger partial charge in [0.25, 0.3) is 5.91 Å². The maximum Gasteiger partial charge on any atom is 0.273 e. The van der Waals surface area contributed by atoms with Crippen LogP contribution in [-0.4, -0.2) is 39.2 Å². The van der Waals surface area contributed by atoms with Crippen LogP contribution >= 0.6 is 0 Å². The molecule has 2 N–H and O–H groups in total. The topological polar surface area (TPSA) is 133 Å². The zero-order chi connectivity index (χ0) is 20.0. The highest BCUT2D eigenvalue weighted by Gasteiger charge is 2.36. The van der Waals surface area contributed by atoms with E-state index in [0.29, 0.717) is 36.0 Å². The Kier molecular flexibility index (Phi) is 4.20. The number of amides is 1. The van der Waals surface area contributed by atoms with Crippen molar-refractivity contribution in [1.82, 2.24) is 20.7 Å². The maximum absolute atomic E-state index is 12.5. The van der Waals surface area contributed by atoms with Crippen molar-refractivity contribution in [3.8, 4) is 22.8 Å². The Morgan fingerprint density at radius 1 is 1.21 bits per heavy atom. The molecule has 150 valence electrons. The van der Waals surface area contributed by atoms with Crippen LogP contribution in [0.2, 0.25) is 0 Å². The summed E-state index contributed by atoms with van der Waals surface area (Å²) in [4.78, 5) is 12.5. The molecule has 0 unspecified atom stereocenters. The van der Waals surface area contributed by atoms with Gasteiger partial charge in [-0.05, 0) is 38.0 Å². The van der Waals surface area contributed by atoms with Crippen LogP contribution in [0, 0.1) is 0 Å². The van der Waals surface area contributed by atoms with Gasteiger partial charge < -0.3 is 28.8 Å². The molecule has 1 aliphatic carbocycles. The first-order chi connectivity index (χ1) is 14.1. The first kappa shape index (κ1) is 17.7. The van der Waals surface area contributed by atoms with Gasteiger partial charge in [-0.1, -0.05) is 5.16 Å². The van der Waals surface area contributed by atoms with E-state index >= 15 is 0 Å². The molecule has 2 aromatic heterocycles. The van der Waals surface area contributed by atoms with E-state index in [-0.39, 0.29) is 36.2 Å². The van der Waals surface area contributed by atoms with Gasteiger partial charge >= 0.3 is 0 Å². The number of benzene rings is 1. The second kappa shape index (κ2) is 6.89. The molecule has 1 aliphatic heterocycles. The summed E-state index contributed by atoms with van der Waals surface area (Å²) in [5, 5.41) is 24.0. The minimum Gasteiger partial charge on any atom is -0.454 e. The second-order valence-electron chi connectivity index (χ2n) is 7.14. The summed E-state index contributed by atoms with van der Waals surface area (Å²) < 4.78 is 21.4. The average Bonchev–Trinajstić information content (AvgIpc) is 3.43. The number of aromatic nitrogens is 3. The highest BCUT2D eigenvalue weighted by Crippen LogP contribution is 2.37. The van der Waals surface area contributed by atoms with Crippen LogP contribution < -0.4 is 14.8 Å². The van der Waals surface area contributed by atoms with Crippen molar-refractivity contribution in [3.63, 3.8) is 0 Å². The van der Waals surface area contributed by atoms with Crippen molar-refractivity contribution in [2.24, 2.45) is 0 Å². The zero-order valence-corrected chi connectivity index (χ0v) is 15.5. The monoisotopic (exact) mass is 398 g/mol. The number of carbonyl (C=O) groups is 1. The van der Waals surface area contributed by atoms with Gasteiger partial charge in [0.05, 0.1) is 0 Å². The number of nitrogens with one attached hydrogen (secondary N) is 1. The van der Waals surface area contributed by atoms with Crippen molar-refractivity contribution < 1.29 is 28.3 Å². The Morgan fingerprint density at radius 2 is 2.03 bits per heavy atom. The predicted molar refractivity (Wildman–Crippen MR) is 96.2 cm³/mol. The minimum absolute atomic E-state index is 0.0138. The van der Waals surface area contributed by atoms with E-state index in [4.69, 9.17) is 18.4 Å². The van der Waals surface area contributed by atoms with E-state index in [0.717, 1.165) is 5.56 Å². The van der Waals surface area contributed by atoms with Crippen LogP contribution in [0.1, 0.15) is 54.1 Å². The van der Waals surface area contributed by atoms with Gasteiger partial charge in [-0.25, -0.2) is 0 Å². The van der Waals surface area contributed by atoms with Gasteiger partial charge in [0.15, 0.2) is 23.0 Å². The summed E-state index contributed by atoms with van der Waals surface area (Å²) >= 11 is 0. The van der Waals surface area contributed by atoms with Crippen LogP contribution in [0.5, 0.6) is 11.5 Å². The van der Waals surface area contributed by atoms with Gasteiger partial charge in [-0.3, -0.25) is 4.79 Å². The third-order valence-electron chi connectivity index (χ3n) is 5.04. The van der Waals surface area contributed by atoms with Crippen LogP contribution in [0.4, 0.5) is 0 Å². The number of rotatable bonds is 5. The molecule has 0 bridgehead atoms. The maximum atomic E-state index is 12.5. The lowest BCUT2D eigenvalue weighted by molar-refractivity contribution is 0.0892. The van der Waals surface area contributed by atoms with E-state index in [2.05, 4.69) is 20.7 Å². The van der Waals surface area contributed by atoms with Crippen molar-refractivity contribution in [2.45, 2.75) is 37.8 Å². The minimum atomic E-state index is -0.794. The molecule has 3 aromatic rings. The molecule has 29 heavy (non-hydrogen) atoms. The Bertz CT molecular complexity index is 1050. The molecule has 10 nitrogen and oxygen atoms in total. The highest BCUT2D eigenvalue weighted by atomic mass is 16.7. The summed E-state index contributed by atoms with van der Waals surface area (Å²) in [5.41, 5.74) is 0.949. The number of hydrogen-bond acceptors (Lipinski definition) is 9. The number of carbonyl (C=O) groups excluding carboxylic acids is 1. The fourth-order valence-corrected chi connectivity index (χ4v) is 3.35. The smallest absolute Gasteiger partial charge is 0.273 e. The molecule has 1 atom stereocenters. The zero-order valence-electron chi connectivity index (χ0n) is 15.5. The summed E-state index contributed by atoms with van der Waals surface area (Å²) in [5.74, 6) is 2.22. The fraction of sp³-hybridized carbons (Fsp3) is 0.368. The number of fused-ring (bicyclic) bond motifs is 1. The molecule has 2 aliphatic rings. The third kappa shape index (κ3) is 3.31. The molecule has 0 spiro atoms. The standard InChI is InChI=1S/C19H18N4O6/c1-9(24)18-21-22-19(28-18)11-4-12(5-11)20-17(25)13-7-15(29-23-13)10-2-3-14-16(6-10)27-8-26-14/h2-3,6-7,9,11-12,24H,4-5,8H2,1H3,(H,20,25)/t9-,11-,12-/m1/s1. The van der Waals surface area contributed by atoms with Gasteiger partial charge in [0.1, 0.15) is 6.10 Å². The molecule has 3 heterocycles. The normalized spacial score (nSPS) is 20.9. The molecule has 0 saturated heterocycles. The van der Waals surface area contributed by atoms with E-state index in [1.807, 2.05) is 6.07 Å². The van der Waals surface area contributed by atoms with Gasteiger partial charge in [0.2, 0.25) is 18.6 Å². The quantitative estimate of drug-likeness (QED) is 0.663. The number of aliphatic hydroxyl groups excluding tert-OH is 1. The van der Waals surface area contributed by atoms with Crippen molar-refractivity contribution >= 4 is 5.91 Å². The van der Waals surface area contributed by atoms with Gasteiger partial charge in [0, 0.05) is 23.6 Å². The Hall–Kier alpha value is -3.40. The number of hydrogen-bond donors (Lipinski definition) is 2. The Morgan fingerprint density at radius 3 is 2.83 bits per heavy atom. The molecule has 10 heteroatoms. The van der Waals surface area contributed by atoms with Crippen molar-refractivity contribution in [1.29, 1.82) is 0 Å². The van der Waals surface area contributed by atoms with Crippen LogP contribution in [0.15, 0.2) is 33.2 Å². The number of aliphatic hydroxyl groups is 1. The Balaban J connectivity index is 1.19. The molecule has 1 aromatic carbocycles. The first-order valence-electron chi connectivity index (χ1n) is 9.26. The van der Waals surface area contributed by atoms with Crippen molar-refractivity contribution in [2.75, 3.05) is 6.79 Å². The average molecular weight is 398 g/mol. The number of ether oxygens (including phenoxy) is 2. The van der Waals surface area contributed by atoms with Crippen LogP contribution in [-0.2, 0) is 0 Å². The fourth-order valence-electron chi connectivity index (χ4n) is 3.35. The first-order valence-corrected chi connectivity index (χ1v) is 9.26. The van der Waals surface area contributed by atoms with Crippen LogP contribution in [0.3, 0.4) is 0 Å². The molecule has 1 fully saturated rings. The Labute approximate surface area is 164 Å². The van der Waals surface area contributed by atoms with E-state index in [1.165, 1.54) is 0 Å². The van der Waals surface area contributed by atoms with Crippen molar-refractivity contribution in [3.05, 3.63) is 41.7 Å². The summed E-state index contributed by atoms with van der Waals surface area (Å²) in [6.07, 6.45) is 0.568. The lowest BCUT2D eigenvalue weighted by Crippen LogP contribution is -2.43. The van der Waals surface area contributed by atoms with Gasteiger partial charge in [-0.15, -0.1) is 10.2 Å². The highest BCUT2D eigenvalue weighted by molar-refractivity contribution is 5.93. The molecular formula is C19H18N4O6. The number of nitrogens with zero attached hydrogens (tertiary/aromatic N) is 3. The molecular weight excluding hydrogens is 380 g/mol. The summed E-state index contributed by atoms with van der Waals surface area (Å²) in [7, 11) is 0. The molecule has 1 saturated carbocycles. The van der Waals surface area contributed by atoms with E-state index in [1.54, 1.807) is 25.1 Å². The third-order valence-corrected chi connectivity index (χ3v) is 5.04. The summed E-state index contributed by atoms with van der Waals surface area (Å²) in [6, 6.07) is 6.97. The lowest BCUT2D eigenvalue weighted by atomic mass is 9.80. The molecule has 1 amide bonds. The SMILES string of the molecule is C[C@@H](O)c1nnc([C@H]2C[C@H](NC(=O)c3cc(-c4ccc5c(c4)OCO5)on3)C2)o1. The van der Waals surface area contributed by atoms with E-state index in [9.17, 15) is 9.90 Å². The summed E-state index contributed by atoms with van der Waals surface area (Å²) in [6.45, 7) is 1.76. The molecule has 0 radical (unpaired) electrons. The van der Waals surface area contributed by atoms with Crippen LogP contribution in [0.25, 0.3) is 11.3 Å². The lowest BCUT2D eigenvalue weighted by Gasteiger charge is -2.33. The molecule has 5 rings (SSSR count).